The van der Waals surface area contributed by atoms with Gasteiger partial charge in [-0.15, -0.1) is 6.58 Å². The highest BCUT2D eigenvalue weighted by Crippen LogP contribution is 2.40. The zero-order chi connectivity index (χ0) is 14.3. The molecule has 4 atom stereocenters. The van der Waals surface area contributed by atoms with Crippen LogP contribution in [-0.4, -0.2) is 28.2 Å². The largest absolute Gasteiger partial charge is 0.367 e. The maximum atomic E-state index is 10.5. The third-order valence-electron chi connectivity index (χ3n) is 4.10. The fourth-order valence-corrected chi connectivity index (χ4v) is 2.44. The van der Waals surface area contributed by atoms with E-state index in [-0.39, 0.29) is 17.6 Å². The number of rotatable bonds is 3. The molecule has 4 nitrogen and oxygen atoms in total. The monoisotopic (exact) mass is 268 g/mol. The van der Waals surface area contributed by atoms with E-state index >= 15 is 0 Å². The van der Waals surface area contributed by atoms with Crippen LogP contribution in [0.4, 0.5) is 0 Å². The van der Waals surface area contributed by atoms with Crippen molar-refractivity contribution in [3.8, 4) is 0 Å². The number of ether oxygens (including phenoxy) is 1. The van der Waals surface area contributed by atoms with Crippen molar-refractivity contribution in [1.29, 1.82) is 0 Å². The second kappa shape index (κ2) is 4.70. The molecule has 0 bridgehead atoms. The lowest BCUT2D eigenvalue weighted by atomic mass is 9.90. The van der Waals surface area contributed by atoms with Gasteiger partial charge in [-0.3, -0.25) is 0 Å². The van der Waals surface area contributed by atoms with E-state index in [1.165, 1.54) is 0 Å². The van der Waals surface area contributed by atoms with Crippen molar-refractivity contribution in [1.82, 2.24) is 0 Å². The Labute approximate surface area is 115 Å². The zero-order valence-electron chi connectivity index (χ0n) is 12.2. The molecule has 2 rings (SSSR count). The molecule has 2 aliphatic rings. The van der Waals surface area contributed by atoms with Crippen LogP contribution in [0.1, 0.15) is 40.5 Å². The minimum Gasteiger partial charge on any atom is -0.367 e. The van der Waals surface area contributed by atoms with Crippen molar-refractivity contribution in [2.24, 2.45) is 5.92 Å². The maximum absolute atomic E-state index is 10.5. The molecule has 0 radical (unpaired) electrons. The lowest BCUT2D eigenvalue weighted by Gasteiger charge is -2.39. The summed E-state index contributed by atoms with van der Waals surface area (Å²) in [5.41, 5.74) is -0.827. The van der Waals surface area contributed by atoms with Gasteiger partial charge in [0.15, 0.2) is 0 Å². The first-order valence-electron chi connectivity index (χ1n) is 6.81. The molecule has 4 heteroatoms. The second-order valence-electron chi connectivity index (χ2n) is 6.36. The second-order valence-corrected chi connectivity index (χ2v) is 6.36. The van der Waals surface area contributed by atoms with E-state index in [4.69, 9.17) is 14.5 Å². The molecule has 0 aromatic rings. The van der Waals surface area contributed by atoms with E-state index in [1.807, 2.05) is 39.8 Å². The van der Waals surface area contributed by atoms with Crippen molar-refractivity contribution in [3.05, 3.63) is 24.8 Å². The van der Waals surface area contributed by atoms with Gasteiger partial charge < -0.3 is 9.84 Å². The van der Waals surface area contributed by atoms with Crippen LogP contribution in [0.3, 0.4) is 0 Å². The van der Waals surface area contributed by atoms with Crippen molar-refractivity contribution < 1.29 is 19.6 Å². The number of hydrogen-bond donors (Lipinski definition) is 1. The molecule has 0 saturated carbocycles. The molecule has 0 aromatic carbocycles. The lowest BCUT2D eigenvalue weighted by Crippen LogP contribution is -2.48. The Kier molecular flexibility index (Phi) is 3.64. The predicted octanol–water partition coefficient (Wildman–Crippen LogP) is 2.73. The first-order chi connectivity index (χ1) is 8.70. The van der Waals surface area contributed by atoms with E-state index in [1.54, 1.807) is 6.08 Å². The van der Waals surface area contributed by atoms with E-state index in [0.717, 1.165) is 12.8 Å². The Morgan fingerprint density at radius 1 is 1.32 bits per heavy atom. The Morgan fingerprint density at radius 3 is 2.47 bits per heavy atom. The van der Waals surface area contributed by atoms with Gasteiger partial charge in [-0.2, -0.15) is 4.89 Å². The van der Waals surface area contributed by atoms with Crippen LogP contribution in [0.25, 0.3) is 0 Å². The molecule has 2 aliphatic heterocycles. The summed E-state index contributed by atoms with van der Waals surface area (Å²) in [7, 11) is 0. The molecule has 0 amide bonds. The van der Waals surface area contributed by atoms with E-state index in [2.05, 4.69) is 6.58 Å². The lowest BCUT2D eigenvalue weighted by molar-refractivity contribution is -0.454. The van der Waals surface area contributed by atoms with Gasteiger partial charge in [0, 0.05) is 5.92 Å². The van der Waals surface area contributed by atoms with Crippen LogP contribution in [0.5, 0.6) is 0 Å². The molecular weight excluding hydrogens is 244 g/mol. The third kappa shape index (κ3) is 2.92. The van der Waals surface area contributed by atoms with Crippen molar-refractivity contribution >= 4 is 0 Å². The molecule has 4 unspecified atom stereocenters. The molecule has 1 N–H and O–H groups in total. The molecule has 0 aromatic heterocycles. The summed E-state index contributed by atoms with van der Waals surface area (Å²) in [6.07, 6.45) is 6.98. The Balaban J connectivity index is 2.09. The summed E-state index contributed by atoms with van der Waals surface area (Å²) in [6, 6.07) is 0. The Hall–Kier alpha value is -0.680. The van der Waals surface area contributed by atoms with Gasteiger partial charge in [0.25, 0.3) is 0 Å². The minimum absolute atomic E-state index is 0.0811. The zero-order valence-corrected chi connectivity index (χ0v) is 12.2. The SMILES string of the molecule is C=CC1(C)CCC(C(C)C2(O)C=CC(C)(C)OO2)O1. The predicted molar refractivity (Wildman–Crippen MR) is 72.2 cm³/mol. The standard InChI is InChI=1S/C15H24O4/c1-6-14(5)8-7-12(17-14)11(2)15(16)10-9-13(3,4)18-19-15/h6,9-12,16H,1,7-8H2,2-5H3. The summed E-state index contributed by atoms with van der Waals surface area (Å²) in [6.45, 7) is 11.5. The first-order valence-corrected chi connectivity index (χ1v) is 6.81. The molecular formula is C15H24O4. The highest BCUT2D eigenvalue weighted by Gasteiger charge is 2.47. The molecule has 19 heavy (non-hydrogen) atoms. The normalized spacial score (nSPS) is 43.1. The average Bonchev–Trinajstić information content (AvgIpc) is 2.76. The van der Waals surface area contributed by atoms with Crippen LogP contribution in [0.15, 0.2) is 24.8 Å². The summed E-state index contributed by atoms with van der Waals surface area (Å²) in [4.78, 5) is 10.4. The third-order valence-corrected chi connectivity index (χ3v) is 4.10. The van der Waals surface area contributed by atoms with Gasteiger partial charge in [0.05, 0.1) is 11.7 Å². The summed E-state index contributed by atoms with van der Waals surface area (Å²) < 4.78 is 5.98. The number of hydrogen-bond acceptors (Lipinski definition) is 4. The molecule has 2 heterocycles. The summed E-state index contributed by atoms with van der Waals surface area (Å²) >= 11 is 0. The fourth-order valence-electron chi connectivity index (χ4n) is 2.44. The van der Waals surface area contributed by atoms with Gasteiger partial charge in [-0.1, -0.05) is 13.0 Å². The van der Waals surface area contributed by atoms with Crippen LogP contribution in [0.2, 0.25) is 0 Å². The van der Waals surface area contributed by atoms with E-state index in [9.17, 15) is 5.11 Å². The van der Waals surface area contributed by atoms with Gasteiger partial charge >= 0.3 is 0 Å². The highest BCUT2D eigenvalue weighted by atomic mass is 17.2. The van der Waals surface area contributed by atoms with Crippen molar-refractivity contribution in [2.75, 3.05) is 0 Å². The Morgan fingerprint density at radius 2 is 2.00 bits per heavy atom. The van der Waals surface area contributed by atoms with Gasteiger partial charge in [-0.05, 0) is 45.8 Å². The van der Waals surface area contributed by atoms with Crippen molar-refractivity contribution in [2.45, 2.75) is 63.6 Å². The fraction of sp³-hybridized carbons (Fsp3) is 0.733. The van der Waals surface area contributed by atoms with Gasteiger partial charge in [-0.25, -0.2) is 4.89 Å². The van der Waals surface area contributed by atoms with Crippen LogP contribution >= 0.6 is 0 Å². The van der Waals surface area contributed by atoms with E-state index < -0.39 is 11.4 Å². The molecule has 108 valence electrons. The smallest absolute Gasteiger partial charge is 0.223 e. The minimum atomic E-state index is -1.44. The maximum Gasteiger partial charge on any atom is 0.223 e. The molecule has 0 spiro atoms. The quantitative estimate of drug-likeness (QED) is 0.631. The molecule has 0 aliphatic carbocycles. The Bertz CT molecular complexity index is 390. The average molecular weight is 268 g/mol. The first kappa shape index (κ1) is 14.7. The topological polar surface area (TPSA) is 47.9 Å². The highest BCUT2D eigenvalue weighted by molar-refractivity contribution is 5.09. The molecule has 1 fully saturated rings. The summed E-state index contributed by atoms with van der Waals surface area (Å²) in [5.74, 6) is -1.66. The van der Waals surface area contributed by atoms with E-state index in [0.29, 0.717) is 0 Å². The van der Waals surface area contributed by atoms with Crippen LogP contribution < -0.4 is 0 Å². The summed E-state index contributed by atoms with van der Waals surface area (Å²) in [5, 5.41) is 10.5. The van der Waals surface area contributed by atoms with Gasteiger partial charge in [0.2, 0.25) is 5.79 Å². The molecule has 1 saturated heterocycles. The van der Waals surface area contributed by atoms with Crippen LogP contribution in [0, 0.1) is 5.92 Å². The number of aliphatic hydroxyl groups is 1. The van der Waals surface area contributed by atoms with Gasteiger partial charge in [0.1, 0.15) is 5.60 Å². The van der Waals surface area contributed by atoms with Crippen molar-refractivity contribution in [3.63, 3.8) is 0 Å². The van der Waals surface area contributed by atoms with Crippen LogP contribution in [-0.2, 0) is 14.5 Å².